The van der Waals surface area contributed by atoms with Gasteiger partial charge in [-0.15, -0.1) is 0 Å². The molecule has 3 aromatic rings. The summed E-state index contributed by atoms with van der Waals surface area (Å²) >= 11 is 0. The lowest BCUT2D eigenvalue weighted by atomic mass is 10.1. The van der Waals surface area contributed by atoms with Gasteiger partial charge in [0.1, 0.15) is 5.75 Å². The molecule has 1 aliphatic heterocycles. The third kappa shape index (κ3) is 4.03. The number of nitrogens with zero attached hydrogens (tertiary/aromatic N) is 3. The van der Waals surface area contributed by atoms with Crippen molar-refractivity contribution in [3.05, 3.63) is 60.3 Å². The molecule has 29 heavy (non-hydrogen) atoms. The molecule has 0 aliphatic carbocycles. The number of fused-ring (bicyclic) bond motifs is 1. The second kappa shape index (κ2) is 8.18. The first kappa shape index (κ1) is 19.9. The van der Waals surface area contributed by atoms with Crippen molar-refractivity contribution in [3.63, 3.8) is 0 Å². The molecule has 154 valence electrons. The van der Waals surface area contributed by atoms with Gasteiger partial charge >= 0.3 is 0 Å². The molecule has 1 saturated heterocycles. The molecule has 0 saturated carbocycles. The molecule has 2 aromatic carbocycles. The maximum atomic E-state index is 13.1. The summed E-state index contributed by atoms with van der Waals surface area (Å²) in [6.45, 7) is 8.55. The van der Waals surface area contributed by atoms with Gasteiger partial charge in [-0.2, -0.15) is 0 Å². The van der Waals surface area contributed by atoms with E-state index in [1.54, 1.807) is 37.6 Å². The lowest BCUT2D eigenvalue weighted by molar-refractivity contribution is 0.132. The van der Waals surface area contributed by atoms with E-state index in [-0.39, 0.29) is 4.90 Å². The minimum absolute atomic E-state index is 0.244. The summed E-state index contributed by atoms with van der Waals surface area (Å²) in [7, 11) is -2.09. The molecule has 0 spiro atoms. The second-order valence-electron chi connectivity index (χ2n) is 7.40. The van der Waals surface area contributed by atoms with Crippen LogP contribution in [0, 0.1) is 0 Å². The number of hydrogen-bond donors (Lipinski definition) is 0. The average Bonchev–Trinajstić information content (AvgIpc) is 3.18. The number of likely N-dealkylation sites (N-methyl/N-ethyl adjacent to an activating group) is 1. The topological polar surface area (TPSA) is 54.8 Å². The van der Waals surface area contributed by atoms with E-state index in [1.807, 2.05) is 18.2 Å². The van der Waals surface area contributed by atoms with Crippen molar-refractivity contribution in [2.45, 2.75) is 18.4 Å². The second-order valence-corrected chi connectivity index (χ2v) is 9.21. The largest absolute Gasteiger partial charge is 0.497 e. The van der Waals surface area contributed by atoms with Gasteiger partial charge in [-0.05, 0) is 54.6 Å². The lowest BCUT2D eigenvalue weighted by Crippen LogP contribution is -2.45. The molecule has 4 rings (SSSR count). The number of aromatic nitrogens is 1. The maximum Gasteiger partial charge on any atom is 0.268 e. The minimum atomic E-state index is -3.65. The first-order chi connectivity index (χ1) is 14.0. The molecule has 7 heteroatoms. The number of benzene rings is 2. The number of methoxy groups -OCH3 is 1. The predicted octanol–water partition coefficient (Wildman–Crippen LogP) is 3.02. The highest BCUT2D eigenvalue weighted by molar-refractivity contribution is 7.90. The van der Waals surface area contributed by atoms with E-state index in [4.69, 9.17) is 4.74 Å². The van der Waals surface area contributed by atoms with Crippen LogP contribution in [0.5, 0.6) is 5.75 Å². The zero-order chi connectivity index (χ0) is 20.4. The fourth-order valence-corrected chi connectivity index (χ4v) is 5.21. The first-order valence-electron chi connectivity index (χ1n) is 9.95. The Morgan fingerprint density at radius 3 is 2.28 bits per heavy atom. The smallest absolute Gasteiger partial charge is 0.268 e. The fourth-order valence-electron chi connectivity index (χ4n) is 3.86. The Morgan fingerprint density at radius 2 is 1.62 bits per heavy atom. The molecule has 0 unspecified atom stereocenters. The molecule has 1 aromatic heterocycles. The predicted molar refractivity (Wildman–Crippen MR) is 115 cm³/mol. The third-order valence-corrected chi connectivity index (χ3v) is 7.36. The van der Waals surface area contributed by atoms with Crippen molar-refractivity contribution in [1.82, 2.24) is 13.8 Å². The lowest BCUT2D eigenvalue weighted by Gasteiger charge is -2.34. The van der Waals surface area contributed by atoms with E-state index in [2.05, 4.69) is 22.8 Å². The van der Waals surface area contributed by atoms with Crippen LogP contribution >= 0.6 is 0 Å². The van der Waals surface area contributed by atoms with Crippen molar-refractivity contribution in [3.8, 4) is 5.75 Å². The van der Waals surface area contributed by atoms with E-state index >= 15 is 0 Å². The van der Waals surface area contributed by atoms with Crippen LogP contribution < -0.4 is 4.74 Å². The number of piperazine rings is 1. The molecule has 0 radical (unpaired) electrons. The number of rotatable bonds is 6. The third-order valence-electron chi connectivity index (χ3n) is 5.65. The Hall–Kier alpha value is -2.35. The molecular formula is C22H27N3O3S. The van der Waals surface area contributed by atoms with Crippen LogP contribution in [0.4, 0.5) is 0 Å². The first-order valence-corrected chi connectivity index (χ1v) is 11.4. The highest BCUT2D eigenvalue weighted by Gasteiger charge is 2.20. The molecule has 1 fully saturated rings. The standard InChI is InChI=1S/C22H27N3O3S/c1-3-23-12-14-24(15-13-23)17-18-4-9-22-19(16-18)10-11-25(22)29(26,27)21-7-5-20(28-2)6-8-21/h4-11,16H,3,12-15,17H2,1-2H3. The summed E-state index contributed by atoms with van der Waals surface area (Å²) in [5, 5.41) is 0.937. The molecule has 0 N–H and O–H groups in total. The van der Waals surface area contributed by atoms with E-state index in [0.29, 0.717) is 11.3 Å². The highest BCUT2D eigenvalue weighted by Crippen LogP contribution is 2.25. The summed E-state index contributed by atoms with van der Waals surface area (Å²) < 4.78 is 32.6. The van der Waals surface area contributed by atoms with Crippen LogP contribution in [0.3, 0.4) is 0 Å². The van der Waals surface area contributed by atoms with E-state index in [9.17, 15) is 8.42 Å². The molecule has 2 heterocycles. The van der Waals surface area contributed by atoms with Gasteiger partial charge in [0, 0.05) is 44.3 Å². The van der Waals surface area contributed by atoms with Gasteiger partial charge in [0.25, 0.3) is 10.0 Å². The Labute approximate surface area is 172 Å². The van der Waals surface area contributed by atoms with E-state index in [1.165, 1.54) is 9.54 Å². The average molecular weight is 414 g/mol. The summed E-state index contributed by atoms with van der Waals surface area (Å²) in [5.41, 5.74) is 1.91. The van der Waals surface area contributed by atoms with Crippen LogP contribution in [0.1, 0.15) is 12.5 Å². The monoisotopic (exact) mass is 413 g/mol. The maximum absolute atomic E-state index is 13.1. The Kier molecular flexibility index (Phi) is 5.63. The summed E-state index contributed by atoms with van der Waals surface area (Å²) in [6.07, 6.45) is 1.63. The van der Waals surface area contributed by atoms with Crippen molar-refractivity contribution < 1.29 is 13.2 Å². The van der Waals surface area contributed by atoms with Crippen LogP contribution in [-0.4, -0.2) is 62.0 Å². The Balaban J connectivity index is 1.56. The zero-order valence-corrected chi connectivity index (χ0v) is 17.7. The molecule has 0 atom stereocenters. The summed E-state index contributed by atoms with van der Waals surface area (Å²) in [5.74, 6) is 0.630. The van der Waals surface area contributed by atoms with E-state index < -0.39 is 10.0 Å². The number of ether oxygens (including phenoxy) is 1. The van der Waals surface area contributed by atoms with Crippen molar-refractivity contribution in [2.24, 2.45) is 0 Å². The van der Waals surface area contributed by atoms with Gasteiger partial charge in [0.15, 0.2) is 0 Å². The van der Waals surface area contributed by atoms with Crippen LogP contribution in [0.25, 0.3) is 10.9 Å². The fraction of sp³-hybridized carbons (Fsp3) is 0.364. The van der Waals surface area contributed by atoms with Crippen LogP contribution in [-0.2, 0) is 16.6 Å². The van der Waals surface area contributed by atoms with E-state index in [0.717, 1.165) is 44.7 Å². The van der Waals surface area contributed by atoms with Gasteiger partial charge < -0.3 is 9.64 Å². The Bertz CT molecular complexity index is 1080. The highest BCUT2D eigenvalue weighted by atomic mass is 32.2. The van der Waals surface area contributed by atoms with Gasteiger partial charge in [-0.25, -0.2) is 12.4 Å². The van der Waals surface area contributed by atoms with Crippen molar-refractivity contribution in [1.29, 1.82) is 0 Å². The normalized spacial score (nSPS) is 16.3. The van der Waals surface area contributed by atoms with Gasteiger partial charge in [0.2, 0.25) is 0 Å². The Morgan fingerprint density at radius 1 is 0.931 bits per heavy atom. The van der Waals surface area contributed by atoms with Crippen molar-refractivity contribution in [2.75, 3.05) is 39.8 Å². The minimum Gasteiger partial charge on any atom is -0.497 e. The summed E-state index contributed by atoms with van der Waals surface area (Å²) in [4.78, 5) is 5.16. The quantitative estimate of drug-likeness (QED) is 0.622. The zero-order valence-electron chi connectivity index (χ0n) is 16.9. The molecule has 1 aliphatic rings. The molecule has 0 bridgehead atoms. The van der Waals surface area contributed by atoms with Gasteiger partial charge in [-0.3, -0.25) is 4.90 Å². The SMILES string of the molecule is CCN1CCN(Cc2ccc3c(ccn3S(=O)(=O)c3ccc(OC)cc3)c2)CC1. The summed E-state index contributed by atoms with van der Waals surface area (Å²) in [6, 6.07) is 14.4. The van der Waals surface area contributed by atoms with Gasteiger partial charge in [0.05, 0.1) is 17.5 Å². The van der Waals surface area contributed by atoms with Crippen LogP contribution in [0.15, 0.2) is 59.6 Å². The van der Waals surface area contributed by atoms with Crippen molar-refractivity contribution >= 4 is 20.9 Å². The van der Waals surface area contributed by atoms with Crippen LogP contribution in [0.2, 0.25) is 0 Å². The molecular weight excluding hydrogens is 386 g/mol. The molecule has 6 nitrogen and oxygen atoms in total. The number of hydrogen-bond acceptors (Lipinski definition) is 5. The molecule has 0 amide bonds. The van der Waals surface area contributed by atoms with Gasteiger partial charge in [-0.1, -0.05) is 13.0 Å².